The van der Waals surface area contributed by atoms with Crippen LogP contribution in [0.2, 0.25) is 0 Å². The summed E-state index contributed by atoms with van der Waals surface area (Å²) in [5.74, 6) is -0.00350. The molecule has 24 heavy (non-hydrogen) atoms. The molecule has 0 radical (unpaired) electrons. The molecule has 2 N–H and O–H groups in total. The van der Waals surface area contributed by atoms with Gasteiger partial charge in [0.15, 0.2) is 0 Å². The molecule has 0 spiro atoms. The first-order chi connectivity index (χ1) is 11.4. The SMILES string of the molecule is FC(F)(F)C1CC(N2CCOCC2)=NO1.NC(=O)c1ccccc1. The third-order valence-corrected chi connectivity index (χ3v) is 3.45. The standard InChI is InChI=1S/C8H11F3N2O2.C7H7NO/c9-8(10,11)6-5-7(12-15-6)13-1-3-14-4-2-13;8-7(9)6-4-2-1-3-5-6/h6H,1-5H2;1-5H,(H2,8,9). The lowest BCUT2D eigenvalue weighted by atomic mass is 10.2. The second-order valence-electron chi connectivity index (χ2n) is 5.18. The predicted octanol–water partition coefficient (Wildman–Crippen LogP) is 1.77. The van der Waals surface area contributed by atoms with Gasteiger partial charge in [-0.05, 0) is 12.1 Å². The van der Waals surface area contributed by atoms with Gasteiger partial charge in [-0.25, -0.2) is 0 Å². The van der Waals surface area contributed by atoms with Gasteiger partial charge in [-0.2, -0.15) is 13.2 Å². The van der Waals surface area contributed by atoms with Crippen LogP contribution in [0.3, 0.4) is 0 Å². The first-order valence-electron chi connectivity index (χ1n) is 7.35. The Balaban J connectivity index is 0.000000198. The number of nitrogens with zero attached hydrogens (tertiary/aromatic N) is 2. The van der Waals surface area contributed by atoms with Crippen LogP contribution in [0.15, 0.2) is 35.5 Å². The van der Waals surface area contributed by atoms with Crippen LogP contribution in [-0.2, 0) is 9.57 Å². The maximum atomic E-state index is 12.3. The number of hydrogen-bond donors (Lipinski definition) is 1. The first-order valence-corrected chi connectivity index (χ1v) is 7.35. The quantitative estimate of drug-likeness (QED) is 0.842. The molecule has 0 bridgehead atoms. The van der Waals surface area contributed by atoms with Gasteiger partial charge in [0, 0.05) is 18.7 Å². The number of primary amides is 1. The minimum atomic E-state index is -4.34. The molecule has 3 rings (SSSR count). The molecule has 132 valence electrons. The molecule has 1 amide bonds. The zero-order valence-electron chi connectivity index (χ0n) is 12.8. The highest BCUT2D eigenvalue weighted by Crippen LogP contribution is 2.29. The van der Waals surface area contributed by atoms with Gasteiger partial charge in [-0.15, -0.1) is 0 Å². The third kappa shape index (κ3) is 5.12. The number of oxime groups is 1. The van der Waals surface area contributed by atoms with E-state index in [0.29, 0.717) is 37.7 Å². The van der Waals surface area contributed by atoms with Gasteiger partial charge in [-0.1, -0.05) is 23.4 Å². The Bertz CT molecular complexity index is 572. The van der Waals surface area contributed by atoms with Crippen molar-refractivity contribution in [2.75, 3.05) is 26.3 Å². The number of benzene rings is 1. The highest BCUT2D eigenvalue weighted by Gasteiger charge is 2.46. The fourth-order valence-corrected chi connectivity index (χ4v) is 2.15. The summed E-state index contributed by atoms with van der Waals surface area (Å²) < 4.78 is 41.9. The van der Waals surface area contributed by atoms with E-state index < -0.39 is 12.3 Å². The van der Waals surface area contributed by atoms with Crippen LogP contribution in [0.1, 0.15) is 16.8 Å². The number of amides is 1. The number of carbonyl (C=O) groups is 1. The summed E-state index contributed by atoms with van der Waals surface area (Å²) in [6, 6.07) is 8.76. The van der Waals surface area contributed by atoms with Gasteiger partial charge < -0.3 is 20.2 Å². The molecule has 0 aromatic heterocycles. The van der Waals surface area contributed by atoms with Gasteiger partial charge in [0.1, 0.15) is 5.84 Å². The number of amidine groups is 1. The fourth-order valence-electron chi connectivity index (χ4n) is 2.15. The number of halogens is 3. The topological polar surface area (TPSA) is 77.2 Å². The molecule has 2 aliphatic heterocycles. The number of hydrogen-bond acceptors (Lipinski definition) is 5. The van der Waals surface area contributed by atoms with Crippen molar-refractivity contribution in [3.8, 4) is 0 Å². The highest BCUT2D eigenvalue weighted by molar-refractivity contribution is 5.92. The van der Waals surface area contributed by atoms with Crippen LogP contribution in [-0.4, -0.2) is 55.2 Å². The Morgan fingerprint density at radius 3 is 2.29 bits per heavy atom. The molecule has 1 atom stereocenters. The lowest BCUT2D eigenvalue weighted by molar-refractivity contribution is -0.212. The summed E-state index contributed by atoms with van der Waals surface area (Å²) >= 11 is 0. The molecule has 9 heteroatoms. The van der Waals surface area contributed by atoms with Gasteiger partial charge in [0.2, 0.25) is 12.0 Å². The van der Waals surface area contributed by atoms with Crippen molar-refractivity contribution in [3.05, 3.63) is 35.9 Å². The van der Waals surface area contributed by atoms with Gasteiger partial charge in [0.05, 0.1) is 19.6 Å². The Morgan fingerprint density at radius 2 is 1.83 bits per heavy atom. The van der Waals surface area contributed by atoms with E-state index in [1.165, 1.54) is 0 Å². The Hall–Kier alpha value is -2.29. The third-order valence-electron chi connectivity index (χ3n) is 3.45. The van der Waals surface area contributed by atoms with Crippen LogP contribution in [0.4, 0.5) is 13.2 Å². The second-order valence-corrected chi connectivity index (χ2v) is 5.18. The summed E-state index contributed by atoms with van der Waals surface area (Å²) in [6.07, 6.45) is -6.31. The molecule has 1 aromatic carbocycles. The molecular weight excluding hydrogens is 327 g/mol. The smallest absolute Gasteiger partial charge is 0.381 e. The number of carbonyl (C=O) groups excluding carboxylic acids is 1. The van der Waals surface area contributed by atoms with E-state index >= 15 is 0 Å². The Labute approximate surface area is 137 Å². The maximum absolute atomic E-state index is 12.3. The average molecular weight is 345 g/mol. The average Bonchev–Trinajstić information content (AvgIpc) is 3.07. The first kappa shape index (κ1) is 18.1. The molecule has 0 saturated carbocycles. The second kappa shape index (κ2) is 8.00. The summed E-state index contributed by atoms with van der Waals surface area (Å²) in [4.78, 5) is 16.6. The van der Waals surface area contributed by atoms with E-state index in [1.54, 1.807) is 29.2 Å². The van der Waals surface area contributed by atoms with Crippen molar-refractivity contribution in [2.24, 2.45) is 10.9 Å². The van der Waals surface area contributed by atoms with Crippen LogP contribution in [0.5, 0.6) is 0 Å². The van der Waals surface area contributed by atoms with Gasteiger partial charge in [-0.3, -0.25) is 4.79 Å². The maximum Gasteiger partial charge on any atom is 0.428 e. The molecule has 2 heterocycles. The predicted molar refractivity (Wildman–Crippen MR) is 80.3 cm³/mol. The summed E-state index contributed by atoms with van der Waals surface area (Å²) in [5.41, 5.74) is 5.53. The van der Waals surface area contributed by atoms with Crippen LogP contribution in [0, 0.1) is 0 Å². The largest absolute Gasteiger partial charge is 0.428 e. The van der Waals surface area contributed by atoms with Crippen molar-refractivity contribution in [2.45, 2.75) is 18.7 Å². The zero-order valence-corrected chi connectivity index (χ0v) is 12.8. The van der Waals surface area contributed by atoms with Crippen molar-refractivity contribution in [3.63, 3.8) is 0 Å². The van der Waals surface area contributed by atoms with Crippen molar-refractivity contribution >= 4 is 11.7 Å². The van der Waals surface area contributed by atoms with Crippen LogP contribution >= 0.6 is 0 Å². The number of rotatable bonds is 1. The van der Waals surface area contributed by atoms with Gasteiger partial charge >= 0.3 is 6.18 Å². The van der Waals surface area contributed by atoms with Gasteiger partial charge in [0.25, 0.3) is 0 Å². The fraction of sp³-hybridized carbons (Fsp3) is 0.467. The summed E-state index contributed by atoms with van der Waals surface area (Å²) in [6.45, 7) is 2.20. The number of nitrogens with two attached hydrogens (primary N) is 1. The molecule has 1 unspecified atom stereocenters. The monoisotopic (exact) mass is 345 g/mol. The summed E-state index contributed by atoms with van der Waals surface area (Å²) in [5, 5.41) is 3.47. The molecular formula is C15H18F3N3O3. The van der Waals surface area contributed by atoms with Crippen LogP contribution < -0.4 is 5.73 Å². The number of morpholine rings is 1. The van der Waals surface area contributed by atoms with E-state index in [2.05, 4.69) is 9.99 Å². The lowest BCUT2D eigenvalue weighted by Crippen LogP contribution is -2.41. The highest BCUT2D eigenvalue weighted by atomic mass is 19.4. The Kier molecular flexibility index (Phi) is 6.02. The minimum absolute atomic E-state index is 0.191. The summed E-state index contributed by atoms with van der Waals surface area (Å²) in [7, 11) is 0. The van der Waals surface area contributed by atoms with Crippen molar-refractivity contribution in [1.82, 2.24) is 4.90 Å². The van der Waals surface area contributed by atoms with E-state index in [0.717, 1.165) is 0 Å². The lowest BCUT2D eigenvalue weighted by Gasteiger charge is -2.27. The van der Waals surface area contributed by atoms with Crippen molar-refractivity contribution in [1.29, 1.82) is 0 Å². The van der Waals surface area contributed by atoms with E-state index in [9.17, 15) is 18.0 Å². The van der Waals surface area contributed by atoms with Crippen LogP contribution in [0.25, 0.3) is 0 Å². The zero-order chi connectivity index (χ0) is 17.6. The number of alkyl halides is 3. The number of ether oxygens (including phenoxy) is 1. The van der Waals surface area contributed by atoms with E-state index in [1.807, 2.05) is 6.07 Å². The van der Waals surface area contributed by atoms with E-state index in [4.69, 9.17) is 10.5 Å². The normalized spacial score (nSPS) is 20.5. The molecule has 0 aliphatic carbocycles. The van der Waals surface area contributed by atoms with Crippen molar-refractivity contribution < 1.29 is 27.5 Å². The molecule has 1 fully saturated rings. The molecule has 1 saturated heterocycles. The molecule has 2 aliphatic rings. The molecule has 6 nitrogen and oxygen atoms in total. The molecule has 1 aromatic rings. The minimum Gasteiger partial charge on any atom is -0.381 e. The Morgan fingerprint density at radius 1 is 1.21 bits per heavy atom. The van der Waals surface area contributed by atoms with E-state index in [-0.39, 0.29) is 12.3 Å².